The van der Waals surface area contributed by atoms with Gasteiger partial charge in [0.25, 0.3) is 0 Å². The highest BCUT2D eigenvalue weighted by atomic mass is 35.5. The Morgan fingerprint density at radius 3 is 2.30 bits per heavy atom. The molecule has 0 N–H and O–H groups in total. The van der Waals surface area contributed by atoms with Gasteiger partial charge in [0, 0.05) is 44.7 Å². The second kappa shape index (κ2) is 12.3. The number of nitrogens with zero attached hydrogens (tertiary/aromatic N) is 4. The van der Waals surface area contributed by atoms with E-state index in [2.05, 4.69) is 0 Å². The monoisotopic (exact) mass is 562 g/mol. The van der Waals surface area contributed by atoms with Crippen molar-refractivity contribution in [1.82, 2.24) is 19.6 Å². The van der Waals surface area contributed by atoms with Gasteiger partial charge in [0.1, 0.15) is 5.82 Å². The molecular formula is C26H32Cl2F4N4O. The molecule has 1 saturated heterocycles. The van der Waals surface area contributed by atoms with Gasteiger partial charge in [0.2, 0.25) is 5.91 Å². The van der Waals surface area contributed by atoms with Crippen molar-refractivity contribution in [3.05, 3.63) is 69.0 Å². The molecule has 37 heavy (non-hydrogen) atoms. The van der Waals surface area contributed by atoms with E-state index in [-0.39, 0.29) is 31.0 Å². The third kappa shape index (κ3) is 7.80. The zero-order valence-corrected chi connectivity index (χ0v) is 22.8. The fourth-order valence-electron chi connectivity index (χ4n) is 4.58. The van der Waals surface area contributed by atoms with Crippen LogP contribution >= 0.6 is 23.2 Å². The molecule has 1 fully saturated rings. The molecule has 0 radical (unpaired) electrons. The maximum atomic E-state index is 14.2. The van der Waals surface area contributed by atoms with Crippen LogP contribution in [-0.2, 0) is 17.5 Å². The van der Waals surface area contributed by atoms with Crippen molar-refractivity contribution in [2.45, 2.75) is 24.7 Å². The minimum absolute atomic E-state index is 0.0113. The highest BCUT2D eigenvalue weighted by molar-refractivity contribution is 6.42. The Morgan fingerprint density at radius 2 is 1.70 bits per heavy atom. The number of carbonyl (C=O) groups excluding carboxylic acids is 1. The Kier molecular flexibility index (Phi) is 9.85. The van der Waals surface area contributed by atoms with Gasteiger partial charge in [0.05, 0.1) is 22.2 Å². The number of hydrogen-bond acceptors (Lipinski definition) is 4. The van der Waals surface area contributed by atoms with E-state index in [0.29, 0.717) is 28.7 Å². The first-order chi connectivity index (χ1) is 17.3. The molecule has 0 saturated carbocycles. The van der Waals surface area contributed by atoms with E-state index >= 15 is 0 Å². The van der Waals surface area contributed by atoms with Crippen molar-refractivity contribution < 1.29 is 22.4 Å². The molecule has 2 aromatic rings. The quantitative estimate of drug-likeness (QED) is 0.399. The highest BCUT2D eigenvalue weighted by Gasteiger charge is 2.39. The third-order valence-electron chi connectivity index (χ3n) is 6.68. The van der Waals surface area contributed by atoms with Crippen molar-refractivity contribution in [2.75, 3.05) is 60.9 Å². The molecule has 5 nitrogen and oxygen atoms in total. The first-order valence-corrected chi connectivity index (χ1v) is 12.6. The van der Waals surface area contributed by atoms with Crippen LogP contribution in [-0.4, -0.2) is 92.5 Å². The average molecular weight is 563 g/mol. The fraction of sp³-hybridized carbons (Fsp3) is 0.500. The normalized spacial score (nSPS) is 18.5. The van der Waals surface area contributed by atoms with Gasteiger partial charge in [-0.3, -0.25) is 14.6 Å². The number of carbonyl (C=O) groups is 1. The van der Waals surface area contributed by atoms with Crippen molar-refractivity contribution in [1.29, 1.82) is 0 Å². The molecule has 0 unspecified atom stereocenters. The molecule has 1 heterocycles. The maximum absolute atomic E-state index is 14.2. The zero-order valence-electron chi connectivity index (χ0n) is 21.3. The Balaban J connectivity index is 1.80. The van der Waals surface area contributed by atoms with Gasteiger partial charge in [-0.05, 0) is 63.6 Å². The molecule has 1 aliphatic heterocycles. The predicted molar refractivity (Wildman–Crippen MR) is 138 cm³/mol. The molecule has 0 aromatic heterocycles. The summed E-state index contributed by atoms with van der Waals surface area (Å²) in [6, 6.07) is 8.17. The van der Waals surface area contributed by atoms with E-state index < -0.39 is 17.6 Å². The number of amides is 1. The predicted octanol–water partition coefficient (Wildman–Crippen LogP) is 5.07. The lowest BCUT2D eigenvalue weighted by Gasteiger charge is -2.29. The number of benzene rings is 2. The second-order valence-corrected chi connectivity index (χ2v) is 10.7. The van der Waals surface area contributed by atoms with Crippen molar-refractivity contribution in [3.63, 3.8) is 0 Å². The summed E-state index contributed by atoms with van der Waals surface area (Å²) in [6.07, 6.45) is -4.75. The van der Waals surface area contributed by atoms with E-state index in [1.54, 1.807) is 17.0 Å². The van der Waals surface area contributed by atoms with Crippen LogP contribution in [0.15, 0.2) is 36.4 Å². The smallest absolute Gasteiger partial charge is 0.339 e. The fourth-order valence-corrected chi connectivity index (χ4v) is 4.89. The third-order valence-corrected chi connectivity index (χ3v) is 7.42. The minimum atomic E-state index is -4.75. The molecule has 0 aliphatic carbocycles. The lowest BCUT2D eigenvalue weighted by molar-refractivity contribution is -0.140. The van der Waals surface area contributed by atoms with E-state index in [0.717, 1.165) is 30.8 Å². The summed E-state index contributed by atoms with van der Waals surface area (Å²) in [6.45, 7) is 2.92. The van der Waals surface area contributed by atoms with Gasteiger partial charge in [-0.2, -0.15) is 13.2 Å². The number of halogens is 6. The molecule has 11 heteroatoms. The molecule has 2 aromatic carbocycles. The molecule has 2 atom stereocenters. The summed E-state index contributed by atoms with van der Waals surface area (Å²) in [4.78, 5) is 20.9. The molecule has 0 spiro atoms. The van der Waals surface area contributed by atoms with Crippen LogP contribution in [0.3, 0.4) is 0 Å². The molecule has 3 rings (SSSR count). The van der Waals surface area contributed by atoms with Gasteiger partial charge >= 0.3 is 6.18 Å². The Labute approximate surface area is 225 Å². The van der Waals surface area contributed by atoms with Crippen LogP contribution in [0.2, 0.25) is 10.0 Å². The maximum Gasteiger partial charge on any atom is 0.419 e. The van der Waals surface area contributed by atoms with Crippen LogP contribution in [0.1, 0.15) is 22.6 Å². The van der Waals surface area contributed by atoms with Crippen LogP contribution in [0, 0.1) is 5.82 Å². The van der Waals surface area contributed by atoms with Gasteiger partial charge < -0.3 is 9.80 Å². The average Bonchev–Trinajstić information content (AvgIpc) is 3.24. The molecule has 0 bridgehead atoms. The highest BCUT2D eigenvalue weighted by Crippen LogP contribution is 2.35. The summed E-state index contributed by atoms with van der Waals surface area (Å²) in [7, 11) is 7.67. The summed E-state index contributed by atoms with van der Waals surface area (Å²) in [5.41, 5.74) is 0.0267. The number of likely N-dealkylation sites (tertiary alicyclic amines) is 1. The number of hydrogen-bond donors (Lipinski definition) is 0. The molecular weight excluding hydrogens is 531 g/mol. The van der Waals surface area contributed by atoms with E-state index in [9.17, 15) is 22.4 Å². The topological polar surface area (TPSA) is 30.0 Å². The Bertz CT molecular complexity index is 1100. The lowest BCUT2D eigenvalue weighted by Crippen LogP contribution is -2.41. The molecule has 1 aliphatic rings. The Hall–Kier alpha value is -1.91. The van der Waals surface area contributed by atoms with Crippen LogP contribution < -0.4 is 0 Å². The first kappa shape index (κ1) is 29.6. The Morgan fingerprint density at radius 1 is 1.00 bits per heavy atom. The lowest BCUT2D eigenvalue weighted by atomic mass is 9.93. The number of alkyl halides is 3. The summed E-state index contributed by atoms with van der Waals surface area (Å²) < 4.78 is 53.1. The standard InChI is InChI=1S/C26H32Cl2F4N4O/c1-33(2)9-10-34(3)16-25(37)36-14-19(18-6-8-21(27)22(28)12-18)24(15-36)35(4)13-17-5-7-20(23(29)11-17)26(30,31)32/h5-8,11-12,19,24H,9-10,13-16H2,1-4H3/t19-,24+/m1/s1. The van der Waals surface area contributed by atoms with Crippen molar-refractivity contribution in [3.8, 4) is 0 Å². The van der Waals surface area contributed by atoms with Crippen molar-refractivity contribution >= 4 is 29.1 Å². The largest absolute Gasteiger partial charge is 0.419 e. The van der Waals surface area contributed by atoms with E-state index in [4.69, 9.17) is 23.2 Å². The molecule has 204 valence electrons. The number of likely N-dealkylation sites (N-methyl/N-ethyl adjacent to an activating group) is 3. The minimum Gasteiger partial charge on any atom is -0.339 e. The molecule has 1 amide bonds. The van der Waals surface area contributed by atoms with Crippen LogP contribution in [0.5, 0.6) is 0 Å². The van der Waals surface area contributed by atoms with Crippen LogP contribution in [0.25, 0.3) is 0 Å². The van der Waals surface area contributed by atoms with Gasteiger partial charge in [-0.15, -0.1) is 0 Å². The summed E-state index contributed by atoms with van der Waals surface area (Å²) in [5.74, 6) is -1.43. The second-order valence-electron chi connectivity index (χ2n) is 9.91. The summed E-state index contributed by atoms with van der Waals surface area (Å²) in [5, 5.41) is 0.822. The van der Waals surface area contributed by atoms with Gasteiger partial charge in [0.15, 0.2) is 0 Å². The summed E-state index contributed by atoms with van der Waals surface area (Å²) >= 11 is 12.4. The van der Waals surface area contributed by atoms with E-state index in [1.165, 1.54) is 6.07 Å². The van der Waals surface area contributed by atoms with Crippen molar-refractivity contribution in [2.24, 2.45) is 0 Å². The first-order valence-electron chi connectivity index (χ1n) is 11.9. The SMILES string of the molecule is CN(C)CCN(C)CC(=O)N1C[C@H](c2ccc(Cl)c(Cl)c2)[C@@H](N(C)Cc2ccc(C(F)(F)F)c(F)c2)C1. The van der Waals surface area contributed by atoms with E-state index in [1.807, 2.05) is 49.0 Å². The number of rotatable bonds is 9. The van der Waals surface area contributed by atoms with Gasteiger partial charge in [-0.1, -0.05) is 35.3 Å². The van der Waals surface area contributed by atoms with Crippen LogP contribution in [0.4, 0.5) is 17.6 Å². The van der Waals surface area contributed by atoms with Gasteiger partial charge in [-0.25, -0.2) is 4.39 Å². The zero-order chi connectivity index (χ0) is 27.5.